The summed E-state index contributed by atoms with van der Waals surface area (Å²) in [5.41, 5.74) is 2.09. The van der Waals surface area contributed by atoms with Crippen LogP contribution in [0, 0.1) is 15.3 Å². The highest BCUT2D eigenvalue weighted by Gasteiger charge is 2.50. The number of hydrogen-bond donors (Lipinski definition) is 4. The summed E-state index contributed by atoms with van der Waals surface area (Å²) in [4.78, 5) is 27.1. The number of aliphatic hydroxyl groups excluding tert-OH is 4. The first-order chi connectivity index (χ1) is 20.6. The zero-order valence-corrected chi connectivity index (χ0v) is 25.2. The number of rotatable bonds is 9. The van der Waals surface area contributed by atoms with Crippen LogP contribution in [0.5, 0.6) is 5.75 Å². The topological polar surface area (TPSA) is 146 Å². The van der Waals surface area contributed by atoms with Crippen LogP contribution in [0.25, 0.3) is 0 Å². The predicted molar refractivity (Wildman–Crippen MR) is 159 cm³/mol. The summed E-state index contributed by atoms with van der Waals surface area (Å²) in [6.45, 7) is 0. The molecule has 4 N–H and O–H groups in total. The highest BCUT2D eigenvalue weighted by molar-refractivity contribution is 14.1. The Bertz CT molecular complexity index is 1420. The molecule has 2 aliphatic rings. The molecule has 0 radical (unpaired) electrons. The molecule has 228 valence electrons. The van der Waals surface area contributed by atoms with Crippen LogP contribution in [-0.4, -0.2) is 70.1 Å². The smallest absolute Gasteiger partial charge is 0.337 e. The van der Waals surface area contributed by atoms with Crippen molar-refractivity contribution in [3.8, 4) is 5.75 Å². The third-order valence-electron chi connectivity index (χ3n) is 7.80. The molecule has 2 saturated heterocycles. The van der Waals surface area contributed by atoms with Gasteiger partial charge in [0.15, 0.2) is 6.10 Å². The second-order valence-electron chi connectivity index (χ2n) is 10.5. The number of nitrogens with zero attached hydrogens (tertiary/aromatic N) is 1. The summed E-state index contributed by atoms with van der Waals surface area (Å²) >= 11 is 2.19. The van der Waals surface area contributed by atoms with E-state index in [1.54, 1.807) is 29.2 Å². The van der Waals surface area contributed by atoms with Gasteiger partial charge in [0.1, 0.15) is 29.9 Å². The van der Waals surface area contributed by atoms with Gasteiger partial charge in [0.2, 0.25) is 12.2 Å². The average molecular weight is 707 g/mol. The lowest BCUT2D eigenvalue weighted by Crippen LogP contribution is -2.61. The molecule has 0 aromatic heterocycles. The molecule has 2 heterocycles. The largest absolute Gasteiger partial charge is 0.467 e. The van der Waals surface area contributed by atoms with E-state index in [4.69, 9.17) is 9.47 Å². The molecule has 0 aliphatic carbocycles. The predicted octanol–water partition coefficient (Wildman–Crippen LogP) is 3.01. The van der Waals surface area contributed by atoms with E-state index < -0.39 is 54.5 Å². The van der Waals surface area contributed by atoms with Crippen LogP contribution in [0.2, 0.25) is 0 Å². The van der Waals surface area contributed by atoms with E-state index in [9.17, 15) is 34.4 Å². The Morgan fingerprint density at radius 2 is 1.63 bits per heavy atom. The number of carbonyl (C=O) groups excluding carboxylic acids is 2. The van der Waals surface area contributed by atoms with Crippen LogP contribution in [0.4, 0.5) is 10.1 Å². The lowest BCUT2D eigenvalue weighted by Gasteiger charge is -2.48. The number of aliphatic hydroxyl groups is 4. The molecule has 8 atom stereocenters. The van der Waals surface area contributed by atoms with Crippen LogP contribution < -0.4 is 9.64 Å². The molecule has 2 aliphatic heterocycles. The van der Waals surface area contributed by atoms with Crippen molar-refractivity contribution < 1.29 is 48.6 Å². The number of anilines is 1. The molecule has 3 aromatic carbocycles. The van der Waals surface area contributed by atoms with Gasteiger partial charge in [-0.1, -0.05) is 24.3 Å². The minimum absolute atomic E-state index is 0.0852. The number of hydrogen-bond acceptors (Lipinski definition) is 9. The summed E-state index contributed by atoms with van der Waals surface area (Å²) in [6.07, 6.45) is -8.26. The van der Waals surface area contributed by atoms with Gasteiger partial charge in [-0.15, -0.1) is 0 Å². The number of benzene rings is 3. The Morgan fingerprint density at radius 1 is 0.977 bits per heavy atom. The van der Waals surface area contributed by atoms with Crippen molar-refractivity contribution in [2.75, 3.05) is 12.0 Å². The molecule has 0 bridgehead atoms. The molecular formula is C31H31FINO9. The Morgan fingerprint density at radius 3 is 2.26 bits per heavy atom. The van der Waals surface area contributed by atoms with Crippen LogP contribution in [0.1, 0.15) is 36.1 Å². The number of halogens is 2. The van der Waals surface area contributed by atoms with Gasteiger partial charge in [0.25, 0.3) is 0 Å². The van der Waals surface area contributed by atoms with Gasteiger partial charge in [-0.25, -0.2) is 9.18 Å². The second-order valence-corrected chi connectivity index (χ2v) is 11.7. The zero-order chi connectivity index (χ0) is 30.8. The molecule has 12 heteroatoms. The maximum atomic E-state index is 13.4. The molecule has 5 rings (SSSR count). The van der Waals surface area contributed by atoms with E-state index in [0.717, 1.165) is 21.9 Å². The fraction of sp³-hybridized carbons (Fsp3) is 0.355. The van der Waals surface area contributed by atoms with Crippen LogP contribution in [0.15, 0.2) is 72.8 Å². The number of carbonyl (C=O) groups is 2. The number of ether oxygens (including phenoxy) is 3. The molecule has 1 amide bonds. The van der Waals surface area contributed by atoms with Crippen molar-refractivity contribution in [1.82, 2.24) is 0 Å². The molecule has 2 fully saturated rings. The van der Waals surface area contributed by atoms with Crippen molar-refractivity contribution in [3.63, 3.8) is 0 Å². The van der Waals surface area contributed by atoms with Crippen LogP contribution in [-0.2, 0) is 19.1 Å². The summed E-state index contributed by atoms with van der Waals surface area (Å²) in [7, 11) is 1.10. The third-order valence-corrected chi connectivity index (χ3v) is 8.52. The summed E-state index contributed by atoms with van der Waals surface area (Å²) < 4.78 is 30.1. The minimum atomic E-state index is -1.71. The number of esters is 1. The Balaban J connectivity index is 1.34. The van der Waals surface area contributed by atoms with Crippen molar-refractivity contribution in [2.24, 2.45) is 5.92 Å². The normalized spacial score (nSPS) is 27.7. The van der Waals surface area contributed by atoms with Crippen molar-refractivity contribution >= 4 is 40.2 Å². The van der Waals surface area contributed by atoms with Gasteiger partial charge in [-0.3, -0.25) is 4.79 Å². The van der Waals surface area contributed by atoms with Crippen molar-refractivity contribution in [1.29, 1.82) is 0 Å². The minimum Gasteiger partial charge on any atom is -0.467 e. The molecule has 0 spiro atoms. The molecule has 1 unspecified atom stereocenters. The van der Waals surface area contributed by atoms with Gasteiger partial charge in [-0.2, -0.15) is 0 Å². The van der Waals surface area contributed by atoms with Gasteiger partial charge in [-0.05, 0) is 95.1 Å². The molecule has 10 nitrogen and oxygen atoms in total. The van der Waals surface area contributed by atoms with E-state index >= 15 is 0 Å². The van der Waals surface area contributed by atoms with Crippen LogP contribution in [0.3, 0.4) is 0 Å². The fourth-order valence-corrected chi connectivity index (χ4v) is 5.78. The van der Waals surface area contributed by atoms with E-state index in [1.807, 2.05) is 24.3 Å². The maximum absolute atomic E-state index is 13.4. The maximum Gasteiger partial charge on any atom is 0.337 e. The van der Waals surface area contributed by atoms with Crippen molar-refractivity contribution in [2.45, 2.75) is 55.7 Å². The monoisotopic (exact) mass is 707 g/mol. The van der Waals surface area contributed by atoms with E-state index in [1.165, 1.54) is 24.3 Å². The molecule has 0 saturated carbocycles. The first-order valence-corrected chi connectivity index (χ1v) is 14.7. The number of methoxy groups -OCH3 is 1. The summed E-state index contributed by atoms with van der Waals surface area (Å²) in [5, 5.41) is 41.4. The first kappa shape index (κ1) is 31.3. The second kappa shape index (κ2) is 13.2. The van der Waals surface area contributed by atoms with Gasteiger partial charge < -0.3 is 39.5 Å². The van der Waals surface area contributed by atoms with E-state index in [0.29, 0.717) is 18.4 Å². The Kier molecular flexibility index (Phi) is 9.63. The molecule has 3 aromatic rings. The zero-order valence-electron chi connectivity index (χ0n) is 23.0. The quantitative estimate of drug-likeness (QED) is 0.150. The van der Waals surface area contributed by atoms with Crippen molar-refractivity contribution in [3.05, 3.63) is 93.3 Å². The molecular weight excluding hydrogens is 676 g/mol. The first-order valence-electron chi connectivity index (χ1n) is 13.6. The van der Waals surface area contributed by atoms with E-state index in [-0.39, 0.29) is 17.7 Å². The lowest BCUT2D eigenvalue weighted by molar-refractivity contribution is -0.271. The van der Waals surface area contributed by atoms with E-state index in [2.05, 4.69) is 27.3 Å². The third kappa shape index (κ3) is 6.54. The lowest BCUT2D eigenvalue weighted by atomic mass is 9.78. The standard InChI is InChI=1S/C31H31FINO9/c1-41-30(40)28-26(37)25(36)27(38)31(43-28)42-21-12-4-17(5-13-21)24-22(14-15-23(35)16-2-6-18(32)7-3-16)29(39)34(24)20-10-8-19(33)9-11-20/h2-13,22-28,31,35-38H,14-15H2,1H3/t22-,23+,24-,25+,26+,27-,28+,31?/m1/s1. The SMILES string of the molecule is COC(=O)[C@H]1OC(Oc2ccc([C@@H]3[C@@H](CC[C@H](O)c4ccc(F)cc4)C(=O)N3c3ccc(I)cc3)cc2)[C@H](O)[C@@H](O)[C@@H]1O. The summed E-state index contributed by atoms with van der Waals surface area (Å²) in [6, 6.07) is 19.6. The average Bonchev–Trinajstić information content (AvgIpc) is 3.01. The summed E-state index contributed by atoms with van der Waals surface area (Å²) in [5.74, 6) is -1.59. The Hall–Kier alpha value is -3.14. The van der Waals surface area contributed by atoms with Gasteiger partial charge in [0.05, 0.1) is 25.2 Å². The van der Waals surface area contributed by atoms with Crippen LogP contribution >= 0.6 is 22.6 Å². The molecule has 43 heavy (non-hydrogen) atoms. The number of β-lactam (4-membered cyclic amide) rings is 1. The highest BCUT2D eigenvalue weighted by Crippen LogP contribution is 2.46. The van der Waals surface area contributed by atoms with Gasteiger partial charge >= 0.3 is 5.97 Å². The number of amides is 1. The Labute approximate surface area is 260 Å². The fourth-order valence-electron chi connectivity index (χ4n) is 5.42. The van der Waals surface area contributed by atoms with Gasteiger partial charge in [0, 0.05) is 9.26 Å². The highest BCUT2D eigenvalue weighted by atomic mass is 127.